The first-order valence-corrected chi connectivity index (χ1v) is 7.80. The third kappa shape index (κ3) is 3.95. The molecular weight excluding hydrogens is 320 g/mol. The lowest BCUT2D eigenvalue weighted by atomic mass is 10.1. The Morgan fingerprint density at radius 1 is 1.08 bits per heavy atom. The maximum Gasteiger partial charge on any atom is 0.338 e. The molecule has 5 heteroatoms. The lowest BCUT2D eigenvalue weighted by Gasteiger charge is -2.02. The van der Waals surface area contributed by atoms with E-state index in [0.29, 0.717) is 23.7 Å². The molecule has 0 saturated carbocycles. The van der Waals surface area contributed by atoms with Gasteiger partial charge in [0.2, 0.25) is 5.78 Å². The third-order valence-electron chi connectivity index (χ3n) is 3.47. The van der Waals surface area contributed by atoms with Gasteiger partial charge < -0.3 is 13.6 Å². The SMILES string of the molecule is CCOC(=O)c1ccc(-c2ccc(/C=C/C(=O)c3ccco3)o2)cc1. The minimum absolute atomic E-state index is 0.235. The van der Waals surface area contributed by atoms with Crippen LogP contribution in [0.5, 0.6) is 0 Å². The van der Waals surface area contributed by atoms with Crippen molar-refractivity contribution in [1.29, 1.82) is 0 Å². The van der Waals surface area contributed by atoms with Gasteiger partial charge in [-0.1, -0.05) is 12.1 Å². The van der Waals surface area contributed by atoms with Crippen molar-refractivity contribution in [2.24, 2.45) is 0 Å². The number of ketones is 1. The summed E-state index contributed by atoms with van der Waals surface area (Å²) in [7, 11) is 0. The Morgan fingerprint density at radius 2 is 1.88 bits per heavy atom. The Kier molecular flexibility index (Phi) is 4.95. The van der Waals surface area contributed by atoms with Gasteiger partial charge in [0, 0.05) is 5.56 Å². The average Bonchev–Trinajstić information content (AvgIpc) is 3.32. The first kappa shape index (κ1) is 16.5. The minimum Gasteiger partial charge on any atom is -0.462 e. The molecule has 25 heavy (non-hydrogen) atoms. The molecule has 5 nitrogen and oxygen atoms in total. The predicted molar refractivity (Wildman–Crippen MR) is 92.2 cm³/mol. The molecule has 126 valence electrons. The maximum absolute atomic E-state index is 11.8. The Hall–Kier alpha value is -3.34. The summed E-state index contributed by atoms with van der Waals surface area (Å²) in [6.07, 6.45) is 4.43. The summed E-state index contributed by atoms with van der Waals surface area (Å²) < 4.78 is 15.7. The minimum atomic E-state index is -0.353. The molecule has 0 aliphatic rings. The molecule has 0 aliphatic carbocycles. The molecule has 0 saturated heterocycles. The fraction of sp³-hybridized carbons (Fsp3) is 0.100. The van der Waals surface area contributed by atoms with E-state index >= 15 is 0 Å². The molecule has 0 amide bonds. The van der Waals surface area contributed by atoms with Crippen molar-refractivity contribution < 1.29 is 23.2 Å². The molecule has 0 bridgehead atoms. The van der Waals surface area contributed by atoms with Crippen molar-refractivity contribution in [1.82, 2.24) is 0 Å². The van der Waals surface area contributed by atoms with Gasteiger partial charge in [0.1, 0.15) is 11.5 Å². The van der Waals surface area contributed by atoms with Crippen molar-refractivity contribution in [3.63, 3.8) is 0 Å². The second kappa shape index (κ2) is 7.49. The van der Waals surface area contributed by atoms with E-state index < -0.39 is 0 Å². The zero-order chi connectivity index (χ0) is 17.6. The van der Waals surface area contributed by atoms with E-state index in [4.69, 9.17) is 13.6 Å². The van der Waals surface area contributed by atoms with E-state index in [-0.39, 0.29) is 17.5 Å². The molecule has 0 atom stereocenters. The standard InChI is InChI=1S/C20H16O5/c1-2-23-20(22)15-7-5-14(6-8-15)18-12-10-16(25-18)9-11-17(21)19-4-3-13-24-19/h3-13H,2H2,1H3/b11-9+. The van der Waals surface area contributed by atoms with Gasteiger partial charge in [-0.3, -0.25) is 4.79 Å². The van der Waals surface area contributed by atoms with E-state index in [1.54, 1.807) is 61.5 Å². The molecule has 0 fully saturated rings. The number of allylic oxidation sites excluding steroid dienone is 1. The van der Waals surface area contributed by atoms with Crippen LogP contribution in [0.3, 0.4) is 0 Å². The molecule has 0 aliphatic heterocycles. The van der Waals surface area contributed by atoms with Crippen molar-refractivity contribution >= 4 is 17.8 Å². The Balaban J connectivity index is 1.71. The smallest absolute Gasteiger partial charge is 0.338 e. The van der Waals surface area contributed by atoms with Gasteiger partial charge in [-0.05, 0) is 55.5 Å². The fourth-order valence-electron chi connectivity index (χ4n) is 2.24. The second-order valence-electron chi connectivity index (χ2n) is 5.17. The molecule has 2 heterocycles. The molecule has 2 aromatic heterocycles. The highest BCUT2D eigenvalue weighted by atomic mass is 16.5. The summed E-state index contributed by atoms with van der Waals surface area (Å²) in [5.41, 5.74) is 1.31. The summed E-state index contributed by atoms with van der Waals surface area (Å²) in [4.78, 5) is 23.5. The van der Waals surface area contributed by atoms with Crippen molar-refractivity contribution in [2.75, 3.05) is 6.61 Å². The first-order valence-electron chi connectivity index (χ1n) is 7.80. The number of esters is 1. The summed E-state index contributed by atoms with van der Waals surface area (Å²) in [6.45, 7) is 2.10. The van der Waals surface area contributed by atoms with Gasteiger partial charge in [0.05, 0.1) is 18.4 Å². The molecule has 0 spiro atoms. The predicted octanol–water partition coefficient (Wildman–Crippen LogP) is 4.61. The van der Waals surface area contributed by atoms with Crippen LogP contribution in [0.25, 0.3) is 17.4 Å². The number of ether oxygens (including phenoxy) is 1. The topological polar surface area (TPSA) is 69.7 Å². The zero-order valence-electron chi connectivity index (χ0n) is 13.6. The van der Waals surface area contributed by atoms with E-state index in [0.717, 1.165) is 5.56 Å². The first-order chi connectivity index (χ1) is 12.2. The molecule has 0 N–H and O–H groups in total. The molecule has 0 radical (unpaired) electrons. The molecule has 0 unspecified atom stereocenters. The van der Waals surface area contributed by atoms with Crippen LogP contribution in [-0.2, 0) is 4.74 Å². The highest BCUT2D eigenvalue weighted by Crippen LogP contribution is 2.23. The number of hydrogen-bond acceptors (Lipinski definition) is 5. The van der Waals surface area contributed by atoms with Gasteiger partial charge in [-0.15, -0.1) is 0 Å². The Bertz CT molecular complexity index is 883. The van der Waals surface area contributed by atoms with E-state index in [9.17, 15) is 9.59 Å². The Morgan fingerprint density at radius 3 is 2.56 bits per heavy atom. The number of hydrogen-bond donors (Lipinski definition) is 0. The van der Waals surface area contributed by atoms with Crippen LogP contribution in [0.2, 0.25) is 0 Å². The fourth-order valence-corrected chi connectivity index (χ4v) is 2.24. The van der Waals surface area contributed by atoms with Crippen LogP contribution >= 0.6 is 0 Å². The monoisotopic (exact) mass is 336 g/mol. The molecule has 1 aromatic carbocycles. The average molecular weight is 336 g/mol. The second-order valence-corrected chi connectivity index (χ2v) is 5.17. The van der Waals surface area contributed by atoms with Crippen LogP contribution in [0.1, 0.15) is 33.6 Å². The summed E-state index contributed by atoms with van der Waals surface area (Å²) in [6, 6.07) is 13.8. The largest absolute Gasteiger partial charge is 0.462 e. The molecule has 3 rings (SSSR count). The number of carbonyl (C=O) groups excluding carboxylic acids is 2. The number of furan rings is 2. The lowest BCUT2D eigenvalue weighted by molar-refractivity contribution is 0.0526. The van der Waals surface area contributed by atoms with Gasteiger partial charge in [-0.2, -0.15) is 0 Å². The van der Waals surface area contributed by atoms with Crippen molar-refractivity contribution in [2.45, 2.75) is 6.92 Å². The summed E-state index contributed by atoms with van der Waals surface area (Å²) in [5.74, 6) is 0.873. The van der Waals surface area contributed by atoms with Gasteiger partial charge in [-0.25, -0.2) is 4.79 Å². The maximum atomic E-state index is 11.8. The van der Waals surface area contributed by atoms with Crippen LogP contribution in [0, 0.1) is 0 Å². The zero-order valence-corrected chi connectivity index (χ0v) is 13.6. The molecular formula is C20H16O5. The third-order valence-corrected chi connectivity index (χ3v) is 3.47. The number of rotatable bonds is 6. The summed E-state index contributed by atoms with van der Waals surface area (Å²) in [5, 5.41) is 0. The highest BCUT2D eigenvalue weighted by Gasteiger charge is 2.09. The Labute approximate surface area is 144 Å². The van der Waals surface area contributed by atoms with E-state index in [2.05, 4.69) is 0 Å². The summed E-state index contributed by atoms with van der Waals surface area (Å²) >= 11 is 0. The highest BCUT2D eigenvalue weighted by molar-refractivity contribution is 6.04. The van der Waals surface area contributed by atoms with Gasteiger partial charge in [0.25, 0.3) is 0 Å². The molecule has 3 aromatic rings. The lowest BCUT2D eigenvalue weighted by Crippen LogP contribution is -2.03. The van der Waals surface area contributed by atoms with Crippen LogP contribution in [-0.4, -0.2) is 18.4 Å². The number of benzene rings is 1. The van der Waals surface area contributed by atoms with Crippen molar-refractivity contribution in [3.8, 4) is 11.3 Å². The van der Waals surface area contributed by atoms with Crippen LogP contribution < -0.4 is 0 Å². The van der Waals surface area contributed by atoms with Crippen LogP contribution in [0.4, 0.5) is 0 Å². The van der Waals surface area contributed by atoms with Crippen molar-refractivity contribution in [3.05, 3.63) is 78.0 Å². The number of carbonyl (C=O) groups is 2. The van der Waals surface area contributed by atoms with Gasteiger partial charge in [0.15, 0.2) is 5.76 Å². The van der Waals surface area contributed by atoms with Gasteiger partial charge >= 0.3 is 5.97 Å². The normalized spacial score (nSPS) is 10.9. The quantitative estimate of drug-likeness (QED) is 0.373. The van der Waals surface area contributed by atoms with Crippen LogP contribution in [0.15, 0.2) is 69.7 Å². The van der Waals surface area contributed by atoms with E-state index in [1.165, 1.54) is 12.3 Å². The van der Waals surface area contributed by atoms with E-state index in [1.807, 2.05) is 0 Å².